The molecule has 2 aromatic rings. The fraction of sp³-hybridized carbons (Fsp3) is 0.308. The van der Waals surface area contributed by atoms with Crippen LogP contribution < -0.4 is 10.6 Å². The minimum absolute atomic E-state index is 0.120. The molecule has 2 N–H and O–H groups in total. The summed E-state index contributed by atoms with van der Waals surface area (Å²) in [4.78, 5) is 24.5. The van der Waals surface area contributed by atoms with E-state index in [-0.39, 0.29) is 11.7 Å². The van der Waals surface area contributed by atoms with E-state index in [4.69, 9.17) is 5.73 Å². The summed E-state index contributed by atoms with van der Waals surface area (Å²) in [5.74, 6) is 0.162. The Morgan fingerprint density at radius 2 is 1.95 bits per heavy atom. The van der Waals surface area contributed by atoms with Crippen molar-refractivity contribution in [1.29, 1.82) is 0 Å². The van der Waals surface area contributed by atoms with Gasteiger partial charge in [-0.3, -0.25) is 9.78 Å². The predicted octanol–water partition coefficient (Wildman–Crippen LogP) is 1.46. The molecule has 0 saturated carbocycles. The number of anilines is 2. The molecule has 0 spiro atoms. The van der Waals surface area contributed by atoms with Crippen LogP contribution in [-0.4, -0.2) is 41.9 Å². The molecule has 7 heteroatoms. The Kier molecular flexibility index (Phi) is 4.19. The van der Waals surface area contributed by atoms with Crippen molar-refractivity contribution in [3.8, 4) is 0 Å². The Morgan fingerprint density at radius 1 is 1.30 bits per heavy atom. The van der Waals surface area contributed by atoms with Crippen LogP contribution in [-0.2, 0) is 6.54 Å². The van der Waals surface area contributed by atoms with E-state index in [0.717, 1.165) is 10.7 Å². The molecule has 0 unspecified atom stereocenters. The number of aromatic nitrogens is 2. The second-order valence-corrected chi connectivity index (χ2v) is 5.60. The highest BCUT2D eigenvalue weighted by molar-refractivity contribution is 7.18. The normalized spacial score (nSPS) is 10.3. The van der Waals surface area contributed by atoms with Crippen molar-refractivity contribution in [3.63, 3.8) is 0 Å². The summed E-state index contributed by atoms with van der Waals surface area (Å²) in [6.45, 7) is 0.510. The van der Waals surface area contributed by atoms with Gasteiger partial charge in [0.1, 0.15) is 10.7 Å². The highest BCUT2D eigenvalue weighted by Gasteiger charge is 2.20. The molecule has 2 rings (SSSR count). The van der Waals surface area contributed by atoms with Crippen molar-refractivity contribution in [2.45, 2.75) is 6.54 Å². The summed E-state index contributed by atoms with van der Waals surface area (Å²) in [5.41, 5.74) is 6.85. The summed E-state index contributed by atoms with van der Waals surface area (Å²) in [6, 6.07) is 3.76. The van der Waals surface area contributed by atoms with E-state index in [1.54, 1.807) is 24.3 Å². The topological polar surface area (TPSA) is 75.4 Å². The Bertz CT molecular complexity index is 596. The number of nitrogens with two attached hydrogens (primary N) is 1. The van der Waals surface area contributed by atoms with Crippen molar-refractivity contribution in [2.24, 2.45) is 0 Å². The van der Waals surface area contributed by atoms with Gasteiger partial charge in [-0.1, -0.05) is 11.3 Å². The van der Waals surface area contributed by atoms with Crippen molar-refractivity contribution in [3.05, 3.63) is 35.0 Å². The zero-order chi connectivity index (χ0) is 14.7. The first-order valence-electron chi connectivity index (χ1n) is 6.07. The predicted molar refractivity (Wildman–Crippen MR) is 80.9 cm³/mol. The van der Waals surface area contributed by atoms with Gasteiger partial charge in [-0.05, 0) is 17.7 Å². The third-order valence-electron chi connectivity index (χ3n) is 2.73. The molecule has 0 radical (unpaired) electrons. The van der Waals surface area contributed by atoms with Crippen LogP contribution in [0, 0.1) is 0 Å². The van der Waals surface area contributed by atoms with Gasteiger partial charge >= 0.3 is 0 Å². The number of nitrogens with zero attached hydrogens (tertiary/aromatic N) is 4. The van der Waals surface area contributed by atoms with Gasteiger partial charge in [-0.15, -0.1) is 0 Å². The van der Waals surface area contributed by atoms with Gasteiger partial charge in [-0.2, -0.15) is 0 Å². The number of hydrogen-bond acceptors (Lipinski definition) is 6. The lowest BCUT2D eigenvalue weighted by Crippen LogP contribution is -2.26. The van der Waals surface area contributed by atoms with E-state index in [1.807, 2.05) is 31.1 Å². The van der Waals surface area contributed by atoms with Crippen LogP contribution in [0.15, 0.2) is 24.5 Å². The molecule has 6 nitrogen and oxygen atoms in total. The van der Waals surface area contributed by atoms with E-state index in [1.165, 1.54) is 11.3 Å². The van der Waals surface area contributed by atoms with E-state index in [2.05, 4.69) is 9.97 Å². The van der Waals surface area contributed by atoms with E-state index in [0.29, 0.717) is 11.4 Å². The zero-order valence-corrected chi connectivity index (χ0v) is 12.5. The van der Waals surface area contributed by atoms with Crippen molar-refractivity contribution < 1.29 is 4.79 Å². The Hall–Kier alpha value is -2.15. The maximum atomic E-state index is 12.4. The molecule has 1 amide bonds. The molecule has 0 atom stereocenters. The smallest absolute Gasteiger partial charge is 0.267 e. The van der Waals surface area contributed by atoms with Crippen LogP contribution in [0.1, 0.15) is 15.2 Å². The first-order chi connectivity index (χ1) is 9.49. The molecular weight excluding hydrogens is 274 g/mol. The molecule has 2 aromatic heterocycles. The van der Waals surface area contributed by atoms with Gasteiger partial charge in [0, 0.05) is 40.1 Å². The van der Waals surface area contributed by atoms with Gasteiger partial charge in [0.15, 0.2) is 5.13 Å². The molecule has 0 aliphatic carbocycles. The summed E-state index contributed by atoms with van der Waals surface area (Å²) in [6.07, 6.45) is 3.41. The van der Waals surface area contributed by atoms with Crippen LogP contribution in [0.25, 0.3) is 0 Å². The maximum Gasteiger partial charge on any atom is 0.267 e. The van der Waals surface area contributed by atoms with Crippen LogP contribution >= 0.6 is 11.3 Å². The molecule has 0 bridgehead atoms. The minimum Gasteiger partial charge on any atom is -0.382 e. The molecule has 0 fully saturated rings. The van der Waals surface area contributed by atoms with E-state index >= 15 is 0 Å². The van der Waals surface area contributed by atoms with Crippen molar-refractivity contribution >= 4 is 28.2 Å². The number of hydrogen-bond donors (Lipinski definition) is 1. The first kappa shape index (κ1) is 14.3. The fourth-order valence-electron chi connectivity index (χ4n) is 1.67. The number of thiazole rings is 1. The number of pyridine rings is 1. The summed E-state index contributed by atoms with van der Waals surface area (Å²) in [7, 11) is 5.48. The molecule has 2 heterocycles. The van der Waals surface area contributed by atoms with Crippen molar-refractivity contribution in [1.82, 2.24) is 14.9 Å². The Balaban J connectivity index is 2.14. The largest absolute Gasteiger partial charge is 0.382 e. The molecule has 0 aliphatic heterocycles. The lowest BCUT2D eigenvalue weighted by molar-refractivity contribution is 0.0790. The van der Waals surface area contributed by atoms with Crippen molar-refractivity contribution in [2.75, 3.05) is 31.8 Å². The number of nitrogen functional groups attached to an aromatic ring is 1. The zero-order valence-electron chi connectivity index (χ0n) is 11.7. The SMILES string of the molecule is CN(Cc1ccncc1)C(=O)c1sc(N(C)C)nc1N. The number of amides is 1. The second kappa shape index (κ2) is 5.87. The third kappa shape index (κ3) is 3.05. The van der Waals surface area contributed by atoms with Gasteiger partial charge < -0.3 is 15.5 Å². The molecule has 106 valence electrons. The number of rotatable bonds is 4. The summed E-state index contributed by atoms with van der Waals surface area (Å²) < 4.78 is 0. The van der Waals surface area contributed by atoms with Gasteiger partial charge in [0.05, 0.1) is 0 Å². The lowest BCUT2D eigenvalue weighted by atomic mass is 10.2. The molecule has 20 heavy (non-hydrogen) atoms. The number of carbonyl (C=O) groups is 1. The Labute approximate surface area is 121 Å². The van der Waals surface area contributed by atoms with Crippen LogP contribution in [0.4, 0.5) is 10.9 Å². The minimum atomic E-state index is -0.120. The standard InChI is InChI=1S/C13H17N5OS/c1-17(2)13-16-11(14)10(20-13)12(19)18(3)8-9-4-6-15-7-5-9/h4-7H,8,14H2,1-3H3. The molecular formula is C13H17N5OS. The van der Waals surface area contributed by atoms with E-state index in [9.17, 15) is 4.79 Å². The fourth-order valence-corrected chi connectivity index (χ4v) is 2.57. The van der Waals surface area contributed by atoms with E-state index < -0.39 is 0 Å². The third-order valence-corrected chi connectivity index (χ3v) is 3.96. The second-order valence-electron chi connectivity index (χ2n) is 4.62. The van der Waals surface area contributed by atoms with Crippen LogP contribution in [0.5, 0.6) is 0 Å². The summed E-state index contributed by atoms with van der Waals surface area (Å²) >= 11 is 1.30. The molecule has 0 aliphatic rings. The number of carbonyl (C=O) groups excluding carboxylic acids is 1. The average molecular weight is 291 g/mol. The Morgan fingerprint density at radius 3 is 2.50 bits per heavy atom. The molecule has 0 saturated heterocycles. The van der Waals surface area contributed by atoms with Gasteiger partial charge in [-0.25, -0.2) is 4.98 Å². The lowest BCUT2D eigenvalue weighted by Gasteiger charge is -2.16. The van der Waals surface area contributed by atoms with Gasteiger partial charge in [0.25, 0.3) is 5.91 Å². The molecule has 0 aromatic carbocycles. The maximum absolute atomic E-state index is 12.4. The average Bonchev–Trinajstić information content (AvgIpc) is 2.81. The monoisotopic (exact) mass is 291 g/mol. The van der Waals surface area contributed by atoms with Crippen LogP contribution in [0.3, 0.4) is 0 Å². The van der Waals surface area contributed by atoms with Crippen LogP contribution in [0.2, 0.25) is 0 Å². The highest BCUT2D eigenvalue weighted by atomic mass is 32.1. The summed E-state index contributed by atoms with van der Waals surface area (Å²) in [5, 5.41) is 0.725. The van der Waals surface area contributed by atoms with Gasteiger partial charge in [0.2, 0.25) is 0 Å². The quantitative estimate of drug-likeness (QED) is 0.923. The first-order valence-corrected chi connectivity index (χ1v) is 6.88. The highest BCUT2D eigenvalue weighted by Crippen LogP contribution is 2.27.